The second kappa shape index (κ2) is 5.01. The van der Waals surface area contributed by atoms with Crippen molar-refractivity contribution in [1.82, 2.24) is 0 Å². The van der Waals surface area contributed by atoms with E-state index in [1.165, 1.54) is 11.1 Å². The van der Waals surface area contributed by atoms with Gasteiger partial charge in [0.05, 0.1) is 5.66 Å². The van der Waals surface area contributed by atoms with Crippen molar-refractivity contribution in [3.63, 3.8) is 0 Å². The van der Waals surface area contributed by atoms with Crippen molar-refractivity contribution in [3.8, 4) is 0 Å². The Labute approximate surface area is 123 Å². The summed E-state index contributed by atoms with van der Waals surface area (Å²) >= 11 is 0. The van der Waals surface area contributed by atoms with Gasteiger partial charge in [-0.2, -0.15) is 0 Å². The smallest absolute Gasteiger partial charge is 0.0785 e. The van der Waals surface area contributed by atoms with Gasteiger partial charge in [-0.15, -0.1) is 0 Å². The van der Waals surface area contributed by atoms with Crippen LogP contribution in [0.1, 0.15) is 52.5 Å². The van der Waals surface area contributed by atoms with Crippen LogP contribution in [0.15, 0.2) is 36.4 Å². The van der Waals surface area contributed by atoms with E-state index in [0.717, 1.165) is 19.3 Å². The molecule has 2 nitrogen and oxygen atoms in total. The number of hydrogen-bond acceptors (Lipinski definition) is 2. The van der Waals surface area contributed by atoms with Crippen LogP contribution in [0.25, 0.3) is 5.57 Å². The van der Waals surface area contributed by atoms with Crippen LogP contribution < -0.4 is 11.5 Å². The molecular weight excluding hydrogens is 244 g/mol. The van der Waals surface area contributed by atoms with E-state index >= 15 is 0 Å². The van der Waals surface area contributed by atoms with Crippen LogP contribution in [0.3, 0.4) is 0 Å². The first-order valence-corrected chi connectivity index (χ1v) is 7.64. The van der Waals surface area contributed by atoms with Crippen LogP contribution in [0.4, 0.5) is 0 Å². The van der Waals surface area contributed by atoms with Gasteiger partial charge in [-0.25, -0.2) is 0 Å². The first-order chi connectivity index (χ1) is 9.29. The summed E-state index contributed by atoms with van der Waals surface area (Å²) in [5, 5.41) is 0. The molecule has 4 N–H and O–H groups in total. The Kier molecular flexibility index (Phi) is 3.83. The van der Waals surface area contributed by atoms with Crippen LogP contribution in [0.5, 0.6) is 0 Å². The largest absolute Gasteiger partial charge is 0.312 e. The van der Waals surface area contributed by atoms with Crippen LogP contribution >= 0.6 is 0 Å². The minimum absolute atomic E-state index is 0.0452. The van der Waals surface area contributed by atoms with Crippen LogP contribution in [0, 0.1) is 10.8 Å². The Hall–Kier alpha value is -1.12. The van der Waals surface area contributed by atoms with Gasteiger partial charge in [0, 0.05) is 10.8 Å². The monoisotopic (exact) mass is 272 g/mol. The molecule has 1 aliphatic rings. The lowest BCUT2D eigenvalue weighted by Gasteiger charge is -2.56. The van der Waals surface area contributed by atoms with E-state index in [2.05, 4.69) is 64.1 Å². The third kappa shape index (κ3) is 2.11. The van der Waals surface area contributed by atoms with Crippen LogP contribution in [-0.2, 0) is 0 Å². The molecule has 0 aromatic heterocycles. The highest BCUT2D eigenvalue weighted by molar-refractivity contribution is 5.68. The molecule has 1 aromatic rings. The van der Waals surface area contributed by atoms with E-state index in [4.69, 9.17) is 11.5 Å². The first kappa shape index (κ1) is 15.3. The lowest BCUT2D eigenvalue weighted by Crippen LogP contribution is -2.71. The lowest BCUT2D eigenvalue weighted by molar-refractivity contribution is 0.0262. The fraction of sp³-hybridized carbons (Fsp3) is 0.556. The zero-order valence-electron chi connectivity index (χ0n) is 13.2. The van der Waals surface area contributed by atoms with Crippen LogP contribution in [-0.4, -0.2) is 5.66 Å². The van der Waals surface area contributed by atoms with E-state index in [-0.39, 0.29) is 10.8 Å². The molecule has 0 atom stereocenters. The van der Waals surface area contributed by atoms with Crippen molar-refractivity contribution in [2.45, 2.75) is 52.6 Å². The standard InChI is InChI=1S/C18H28N2/c1-5-17(6-2)13-15(14-10-8-7-9-11-14)12-16(3,4)18(17,19)20/h7-12H,5-6,13,19-20H2,1-4H3. The maximum absolute atomic E-state index is 6.63. The van der Waals surface area contributed by atoms with Gasteiger partial charge in [0.2, 0.25) is 0 Å². The third-order valence-corrected chi connectivity index (χ3v) is 5.51. The molecule has 110 valence electrons. The Morgan fingerprint density at radius 1 is 1.00 bits per heavy atom. The average Bonchev–Trinajstić information content (AvgIpc) is 2.43. The van der Waals surface area contributed by atoms with Gasteiger partial charge in [0.1, 0.15) is 0 Å². The van der Waals surface area contributed by atoms with Gasteiger partial charge in [-0.3, -0.25) is 0 Å². The summed E-state index contributed by atoms with van der Waals surface area (Å²) in [6.07, 6.45) is 5.25. The van der Waals surface area contributed by atoms with Crippen molar-refractivity contribution in [2.75, 3.05) is 0 Å². The second-order valence-corrected chi connectivity index (χ2v) is 6.79. The first-order valence-electron chi connectivity index (χ1n) is 7.64. The third-order valence-electron chi connectivity index (χ3n) is 5.51. The van der Waals surface area contributed by atoms with Crippen molar-refractivity contribution in [1.29, 1.82) is 0 Å². The Balaban J connectivity index is 2.56. The molecule has 0 unspecified atom stereocenters. The van der Waals surface area contributed by atoms with Crippen molar-refractivity contribution >= 4 is 5.57 Å². The SMILES string of the molecule is CCC1(CC)CC(c2ccccc2)=CC(C)(C)C1(N)N. The fourth-order valence-corrected chi connectivity index (χ4v) is 3.72. The molecule has 1 aromatic carbocycles. The molecule has 0 radical (unpaired) electrons. The highest BCUT2D eigenvalue weighted by Crippen LogP contribution is 2.54. The van der Waals surface area contributed by atoms with Crippen molar-refractivity contribution in [2.24, 2.45) is 22.3 Å². The topological polar surface area (TPSA) is 52.0 Å². The van der Waals surface area contributed by atoms with Gasteiger partial charge < -0.3 is 11.5 Å². The molecule has 0 saturated carbocycles. The molecule has 2 rings (SSSR count). The molecule has 0 amide bonds. The Morgan fingerprint density at radius 3 is 2.05 bits per heavy atom. The van der Waals surface area contributed by atoms with Crippen molar-refractivity contribution in [3.05, 3.63) is 42.0 Å². The summed E-state index contributed by atoms with van der Waals surface area (Å²) in [5.74, 6) is 0. The summed E-state index contributed by atoms with van der Waals surface area (Å²) in [4.78, 5) is 0. The van der Waals surface area contributed by atoms with Gasteiger partial charge >= 0.3 is 0 Å². The number of nitrogens with two attached hydrogens (primary N) is 2. The van der Waals surface area contributed by atoms with E-state index in [1.807, 2.05) is 0 Å². The fourth-order valence-electron chi connectivity index (χ4n) is 3.72. The number of hydrogen-bond donors (Lipinski definition) is 2. The number of rotatable bonds is 3. The van der Waals surface area contributed by atoms with Crippen LogP contribution in [0.2, 0.25) is 0 Å². The molecule has 0 fully saturated rings. The molecule has 20 heavy (non-hydrogen) atoms. The zero-order chi connectivity index (χ0) is 15.0. The molecule has 1 aliphatic carbocycles. The summed E-state index contributed by atoms with van der Waals surface area (Å²) in [6, 6.07) is 10.6. The summed E-state index contributed by atoms with van der Waals surface area (Å²) in [7, 11) is 0. The van der Waals surface area contributed by atoms with E-state index in [1.54, 1.807) is 0 Å². The predicted molar refractivity (Wildman–Crippen MR) is 86.9 cm³/mol. The van der Waals surface area contributed by atoms with Gasteiger partial charge in [0.15, 0.2) is 0 Å². The maximum atomic E-state index is 6.63. The molecular formula is C18H28N2. The maximum Gasteiger partial charge on any atom is 0.0785 e. The highest BCUT2D eigenvalue weighted by Gasteiger charge is 2.54. The molecule has 0 aliphatic heterocycles. The van der Waals surface area contributed by atoms with E-state index < -0.39 is 5.66 Å². The Morgan fingerprint density at radius 2 is 1.55 bits per heavy atom. The predicted octanol–water partition coefficient (Wildman–Crippen LogP) is 3.92. The minimum atomic E-state index is -0.679. The molecule has 0 bridgehead atoms. The summed E-state index contributed by atoms with van der Waals surface area (Å²) < 4.78 is 0. The molecule has 0 spiro atoms. The zero-order valence-corrected chi connectivity index (χ0v) is 13.2. The highest BCUT2D eigenvalue weighted by atomic mass is 15.0. The van der Waals surface area contributed by atoms with Gasteiger partial charge in [-0.1, -0.05) is 64.1 Å². The molecule has 2 heteroatoms. The van der Waals surface area contributed by atoms with Crippen molar-refractivity contribution < 1.29 is 0 Å². The molecule has 0 saturated heterocycles. The Bertz CT molecular complexity index is 493. The average molecular weight is 272 g/mol. The number of allylic oxidation sites excluding steroid dienone is 1. The van der Waals surface area contributed by atoms with E-state index in [0.29, 0.717) is 0 Å². The van der Waals surface area contributed by atoms with E-state index in [9.17, 15) is 0 Å². The van der Waals surface area contributed by atoms with Gasteiger partial charge in [-0.05, 0) is 30.4 Å². The summed E-state index contributed by atoms with van der Waals surface area (Å²) in [6.45, 7) is 8.74. The van der Waals surface area contributed by atoms with Gasteiger partial charge in [0.25, 0.3) is 0 Å². The molecule has 0 heterocycles. The second-order valence-electron chi connectivity index (χ2n) is 6.79. The number of benzene rings is 1. The summed E-state index contributed by atoms with van der Waals surface area (Å²) in [5.41, 5.74) is 15.0. The minimum Gasteiger partial charge on any atom is -0.312 e. The quantitative estimate of drug-likeness (QED) is 0.819. The lowest BCUT2D eigenvalue weighted by atomic mass is 9.54. The normalized spacial score (nSPS) is 23.2.